The molecule has 1 aliphatic heterocycles. The lowest BCUT2D eigenvalue weighted by molar-refractivity contribution is 0.211. The highest BCUT2D eigenvalue weighted by Gasteiger charge is 2.60. The molecule has 2 aromatic rings. The van der Waals surface area contributed by atoms with Crippen molar-refractivity contribution in [1.29, 1.82) is 0 Å². The average molecular weight is 422 g/mol. The number of thiazole rings is 1. The molecule has 0 spiro atoms. The normalized spacial score (nSPS) is 31.0. The Kier molecular flexibility index (Phi) is 4.67. The molecule has 0 amide bonds. The zero-order valence-electron chi connectivity index (χ0n) is 18.0. The molecular formula is C25H31N3OS. The predicted molar refractivity (Wildman–Crippen MR) is 124 cm³/mol. The maximum atomic E-state index is 10.9. The van der Waals surface area contributed by atoms with E-state index in [0.717, 1.165) is 43.8 Å². The third kappa shape index (κ3) is 2.97. The molecule has 4 unspecified atom stereocenters. The molecule has 4 atom stereocenters. The third-order valence-corrected chi connectivity index (χ3v) is 8.65. The topological polar surface area (TPSA) is 50.4 Å². The molecule has 2 aromatic heterocycles. The number of rotatable bonds is 9. The van der Waals surface area contributed by atoms with Crippen molar-refractivity contribution < 1.29 is 5.11 Å². The third-order valence-electron chi connectivity index (χ3n) is 7.28. The van der Waals surface area contributed by atoms with Gasteiger partial charge in [0, 0.05) is 34.4 Å². The summed E-state index contributed by atoms with van der Waals surface area (Å²) in [6.45, 7) is 13.2. The van der Waals surface area contributed by atoms with E-state index in [1.165, 1.54) is 27.6 Å². The Balaban J connectivity index is 1.48. The smallest absolute Gasteiger partial charge is 0.136 e. The Labute approximate surface area is 183 Å². The van der Waals surface area contributed by atoms with Gasteiger partial charge in [0.2, 0.25) is 0 Å². The molecule has 5 heteroatoms. The van der Waals surface area contributed by atoms with E-state index in [9.17, 15) is 5.11 Å². The lowest BCUT2D eigenvalue weighted by Crippen LogP contribution is -2.26. The summed E-state index contributed by atoms with van der Waals surface area (Å²) in [5, 5.41) is 12.1. The number of hydrogen-bond donors (Lipinski definition) is 1. The molecular weight excluding hydrogens is 390 g/mol. The van der Waals surface area contributed by atoms with Crippen molar-refractivity contribution in [3.8, 4) is 0 Å². The molecule has 158 valence electrons. The molecule has 3 heterocycles. The van der Waals surface area contributed by atoms with E-state index >= 15 is 0 Å². The van der Waals surface area contributed by atoms with Crippen LogP contribution in [0.25, 0.3) is 0 Å². The Hall–Kier alpha value is -1.98. The highest BCUT2D eigenvalue weighted by atomic mass is 32.1. The zero-order valence-corrected chi connectivity index (χ0v) is 18.8. The van der Waals surface area contributed by atoms with Gasteiger partial charge >= 0.3 is 0 Å². The van der Waals surface area contributed by atoms with Gasteiger partial charge in [-0.2, -0.15) is 0 Å². The summed E-state index contributed by atoms with van der Waals surface area (Å²) >= 11 is 1.88. The number of nitrogens with zero attached hydrogens (tertiary/aromatic N) is 3. The van der Waals surface area contributed by atoms with E-state index in [1.54, 1.807) is 0 Å². The van der Waals surface area contributed by atoms with Gasteiger partial charge < -0.3 is 9.67 Å². The maximum Gasteiger partial charge on any atom is 0.136 e. The summed E-state index contributed by atoms with van der Waals surface area (Å²) in [4.78, 5) is 11.4. The van der Waals surface area contributed by atoms with Gasteiger partial charge in [-0.25, -0.2) is 9.98 Å². The van der Waals surface area contributed by atoms with Crippen LogP contribution in [-0.4, -0.2) is 26.0 Å². The largest absolute Gasteiger partial charge is 0.383 e. The summed E-state index contributed by atoms with van der Waals surface area (Å²) in [6.07, 6.45) is 12.0. The predicted octanol–water partition coefficient (Wildman–Crippen LogP) is 5.68. The molecule has 0 bridgehead atoms. The Morgan fingerprint density at radius 1 is 1.37 bits per heavy atom. The molecule has 3 aliphatic rings. The number of hydrogen-bond acceptors (Lipinski definition) is 4. The van der Waals surface area contributed by atoms with Crippen molar-refractivity contribution in [3.63, 3.8) is 0 Å². The van der Waals surface area contributed by atoms with Crippen LogP contribution in [0.4, 0.5) is 5.82 Å². The maximum absolute atomic E-state index is 10.9. The van der Waals surface area contributed by atoms with E-state index in [-0.39, 0.29) is 11.3 Å². The number of aryl methyl sites for hydroxylation is 1. The van der Waals surface area contributed by atoms with Crippen molar-refractivity contribution in [2.24, 2.45) is 10.9 Å². The van der Waals surface area contributed by atoms with Gasteiger partial charge in [-0.1, -0.05) is 32.4 Å². The Morgan fingerprint density at radius 3 is 2.90 bits per heavy atom. The lowest BCUT2D eigenvalue weighted by Gasteiger charge is -2.19. The number of fused-ring (bicyclic) bond motifs is 3. The highest BCUT2D eigenvalue weighted by molar-refractivity contribution is 7.12. The number of aliphatic hydroxyl groups is 1. The fraction of sp³-hybridized carbons (Fsp3) is 0.520. The molecule has 30 heavy (non-hydrogen) atoms. The Morgan fingerprint density at radius 2 is 2.20 bits per heavy atom. The van der Waals surface area contributed by atoms with E-state index < -0.39 is 5.60 Å². The van der Waals surface area contributed by atoms with Crippen LogP contribution in [0.3, 0.4) is 0 Å². The fourth-order valence-corrected chi connectivity index (χ4v) is 6.29. The SMILES string of the molecule is C=CCC1=Nc2c(ccn2Cc2sc(C3(C)CC3C=C)nc2CCCC)C2CC12O. The van der Waals surface area contributed by atoms with Crippen molar-refractivity contribution in [2.75, 3.05) is 0 Å². The number of aliphatic imine (C=N–C) groups is 1. The molecule has 5 rings (SSSR count). The summed E-state index contributed by atoms with van der Waals surface area (Å²) < 4.78 is 2.25. The quantitative estimate of drug-likeness (QED) is 0.530. The van der Waals surface area contributed by atoms with E-state index in [1.807, 2.05) is 17.4 Å². The highest BCUT2D eigenvalue weighted by Crippen LogP contribution is 2.59. The average Bonchev–Trinajstić information content (AvgIpc) is 3.49. The molecule has 0 saturated heterocycles. The minimum Gasteiger partial charge on any atom is -0.383 e. The van der Waals surface area contributed by atoms with Crippen LogP contribution in [0.2, 0.25) is 0 Å². The van der Waals surface area contributed by atoms with Crippen LogP contribution in [-0.2, 0) is 18.4 Å². The molecule has 0 aromatic carbocycles. The van der Waals surface area contributed by atoms with Crippen LogP contribution >= 0.6 is 11.3 Å². The van der Waals surface area contributed by atoms with E-state index in [2.05, 4.69) is 49.9 Å². The minimum atomic E-state index is -0.739. The number of allylic oxidation sites excluding steroid dienone is 2. The van der Waals surface area contributed by atoms with Crippen LogP contribution in [0.5, 0.6) is 0 Å². The number of aromatic nitrogens is 2. The van der Waals surface area contributed by atoms with Gasteiger partial charge in [0.1, 0.15) is 11.4 Å². The van der Waals surface area contributed by atoms with Crippen LogP contribution in [0.15, 0.2) is 42.6 Å². The number of unbranched alkanes of at least 4 members (excludes halogenated alkanes) is 1. The van der Waals surface area contributed by atoms with Gasteiger partial charge in [-0.3, -0.25) is 0 Å². The summed E-state index contributed by atoms with van der Waals surface area (Å²) in [5.74, 6) is 1.75. The molecule has 2 fully saturated rings. The second-order valence-corrected chi connectivity index (χ2v) is 10.5. The van der Waals surface area contributed by atoms with Gasteiger partial charge in [0.25, 0.3) is 0 Å². The van der Waals surface area contributed by atoms with Crippen LogP contribution < -0.4 is 0 Å². The van der Waals surface area contributed by atoms with Crippen LogP contribution in [0.1, 0.15) is 73.0 Å². The molecule has 2 aliphatic carbocycles. The molecule has 1 N–H and O–H groups in total. The molecule has 0 radical (unpaired) electrons. The van der Waals surface area contributed by atoms with Gasteiger partial charge in [0.05, 0.1) is 23.0 Å². The van der Waals surface area contributed by atoms with E-state index in [0.29, 0.717) is 12.3 Å². The first-order chi connectivity index (χ1) is 14.4. The first-order valence-electron chi connectivity index (χ1n) is 11.2. The van der Waals surface area contributed by atoms with Gasteiger partial charge in [0.15, 0.2) is 0 Å². The first kappa shape index (κ1) is 20.0. The van der Waals surface area contributed by atoms with E-state index in [4.69, 9.17) is 9.98 Å². The van der Waals surface area contributed by atoms with Crippen molar-refractivity contribution in [3.05, 3.63) is 58.7 Å². The van der Waals surface area contributed by atoms with Crippen molar-refractivity contribution in [1.82, 2.24) is 9.55 Å². The monoisotopic (exact) mass is 421 g/mol. The summed E-state index contributed by atoms with van der Waals surface area (Å²) in [5.41, 5.74) is 2.74. The second kappa shape index (κ2) is 7.03. The van der Waals surface area contributed by atoms with Gasteiger partial charge in [-0.15, -0.1) is 24.5 Å². The zero-order chi connectivity index (χ0) is 21.1. The lowest BCUT2D eigenvalue weighted by atomic mass is 10.0. The van der Waals surface area contributed by atoms with Crippen molar-refractivity contribution >= 4 is 22.9 Å². The summed E-state index contributed by atoms with van der Waals surface area (Å²) in [6, 6.07) is 2.15. The molecule has 4 nitrogen and oxygen atoms in total. The summed E-state index contributed by atoms with van der Waals surface area (Å²) in [7, 11) is 0. The minimum absolute atomic E-state index is 0.168. The Bertz CT molecular complexity index is 1050. The second-order valence-electron chi connectivity index (χ2n) is 9.41. The van der Waals surface area contributed by atoms with Crippen LogP contribution in [0, 0.1) is 5.92 Å². The first-order valence-corrected chi connectivity index (χ1v) is 12.0. The van der Waals surface area contributed by atoms with Crippen molar-refractivity contribution in [2.45, 2.75) is 75.9 Å². The fourth-order valence-electron chi connectivity index (χ4n) is 4.96. The molecule has 2 saturated carbocycles. The standard InChI is InChI=1S/C25H31N3OS/c1-5-8-10-19-20(30-23(26-19)24(4)13-16(24)7-3)15-28-12-11-17-18-14-25(18,29)21(9-6-2)27-22(17)28/h6-7,11-12,16,18,29H,2-3,5,8-10,13-15H2,1,4H3. The van der Waals surface area contributed by atoms with Gasteiger partial charge in [-0.05, 0) is 37.7 Å².